The van der Waals surface area contributed by atoms with Crippen LogP contribution in [0.15, 0.2) is 60.0 Å². The Hall–Kier alpha value is -3.72. The standard InChI is InChI=1S/C18H14N4O4S/c19-14-7-6-11(9-15(14)22(25)26)17(23)20-12-3-1-4-13(10-12)21-18(24)16-5-2-8-27-16/h1-10H,19H2,(H,20,23)(H,21,24). The van der Waals surface area contributed by atoms with Crippen molar-refractivity contribution in [3.05, 3.63) is 80.5 Å². The highest BCUT2D eigenvalue weighted by atomic mass is 32.1. The first kappa shape index (κ1) is 18.1. The van der Waals surface area contributed by atoms with Crippen LogP contribution in [0.3, 0.4) is 0 Å². The highest BCUT2D eigenvalue weighted by Gasteiger charge is 2.16. The van der Waals surface area contributed by atoms with Gasteiger partial charge in [-0.2, -0.15) is 0 Å². The molecule has 0 unspecified atom stereocenters. The van der Waals surface area contributed by atoms with E-state index in [0.717, 1.165) is 6.07 Å². The molecule has 27 heavy (non-hydrogen) atoms. The van der Waals surface area contributed by atoms with Crippen molar-refractivity contribution in [1.29, 1.82) is 0 Å². The van der Waals surface area contributed by atoms with Gasteiger partial charge >= 0.3 is 0 Å². The topological polar surface area (TPSA) is 127 Å². The van der Waals surface area contributed by atoms with Crippen LogP contribution >= 0.6 is 11.3 Å². The molecule has 0 bridgehead atoms. The first-order valence-electron chi connectivity index (χ1n) is 7.74. The molecule has 0 aliphatic rings. The molecule has 4 N–H and O–H groups in total. The Labute approximate surface area is 157 Å². The lowest BCUT2D eigenvalue weighted by atomic mass is 10.1. The van der Waals surface area contributed by atoms with E-state index in [4.69, 9.17) is 5.73 Å². The molecule has 136 valence electrons. The average molecular weight is 382 g/mol. The lowest BCUT2D eigenvalue weighted by Crippen LogP contribution is -2.14. The molecule has 0 atom stereocenters. The number of carbonyl (C=O) groups excluding carboxylic acids is 2. The van der Waals surface area contributed by atoms with E-state index in [1.54, 1.807) is 41.8 Å². The zero-order valence-corrected chi connectivity index (χ0v) is 14.7. The predicted octanol–water partition coefficient (Wildman–Crippen LogP) is 3.74. The van der Waals surface area contributed by atoms with E-state index in [2.05, 4.69) is 10.6 Å². The van der Waals surface area contributed by atoms with Gasteiger partial charge in [0.25, 0.3) is 17.5 Å². The molecule has 1 heterocycles. The van der Waals surface area contributed by atoms with Crippen molar-refractivity contribution in [2.75, 3.05) is 16.4 Å². The number of nitrogens with zero attached hydrogens (tertiary/aromatic N) is 1. The maximum absolute atomic E-state index is 12.4. The van der Waals surface area contributed by atoms with Crippen molar-refractivity contribution < 1.29 is 14.5 Å². The molecule has 0 fully saturated rings. The number of amides is 2. The van der Waals surface area contributed by atoms with Crippen molar-refractivity contribution in [2.45, 2.75) is 0 Å². The number of carbonyl (C=O) groups is 2. The second-order valence-corrected chi connectivity index (χ2v) is 6.44. The minimum absolute atomic E-state index is 0.0187. The zero-order valence-electron chi connectivity index (χ0n) is 13.8. The van der Waals surface area contributed by atoms with E-state index in [-0.39, 0.29) is 22.8 Å². The molecule has 0 aliphatic carbocycles. The van der Waals surface area contributed by atoms with Crippen LogP contribution in [-0.2, 0) is 0 Å². The summed E-state index contributed by atoms with van der Waals surface area (Å²) in [6, 6.07) is 13.9. The van der Waals surface area contributed by atoms with Crippen LogP contribution < -0.4 is 16.4 Å². The fourth-order valence-corrected chi connectivity index (χ4v) is 2.94. The van der Waals surface area contributed by atoms with Gasteiger partial charge in [-0.1, -0.05) is 12.1 Å². The van der Waals surface area contributed by atoms with Gasteiger partial charge in [-0.15, -0.1) is 11.3 Å². The van der Waals surface area contributed by atoms with Gasteiger partial charge < -0.3 is 16.4 Å². The molecule has 2 amide bonds. The largest absolute Gasteiger partial charge is 0.393 e. The van der Waals surface area contributed by atoms with Gasteiger partial charge in [0.15, 0.2) is 0 Å². The number of benzene rings is 2. The van der Waals surface area contributed by atoms with Gasteiger partial charge in [-0.25, -0.2) is 0 Å². The van der Waals surface area contributed by atoms with Crippen molar-refractivity contribution >= 4 is 45.9 Å². The summed E-state index contributed by atoms with van der Waals surface area (Å²) in [5.41, 5.74) is 6.23. The maximum atomic E-state index is 12.4. The van der Waals surface area contributed by atoms with E-state index in [1.165, 1.54) is 23.5 Å². The molecule has 9 heteroatoms. The molecular weight excluding hydrogens is 368 g/mol. The summed E-state index contributed by atoms with van der Waals surface area (Å²) in [5.74, 6) is -0.775. The summed E-state index contributed by atoms with van der Waals surface area (Å²) in [6.07, 6.45) is 0. The Bertz CT molecular complexity index is 1020. The number of nitrogens with two attached hydrogens (primary N) is 1. The van der Waals surface area contributed by atoms with Gasteiger partial charge in [-0.05, 0) is 41.8 Å². The van der Waals surface area contributed by atoms with Crippen LogP contribution in [0, 0.1) is 10.1 Å². The molecule has 0 spiro atoms. The zero-order chi connectivity index (χ0) is 19.4. The summed E-state index contributed by atoms with van der Waals surface area (Å²) in [5, 5.41) is 18.1. The van der Waals surface area contributed by atoms with Crippen LogP contribution in [-0.4, -0.2) is 16.7 Å². The van der Waals surface area contributed by atoms with E-state index in [0.29, 0.717) is 16.3 Å². The molecule has 0 radical (unpaired) electrons. The van der Waals surface area contributed by atoms with E-state index < -0.39 is 10.8 Å². The van der Waals surface area contributed by atoms with Crippen LogP contribution in [0.2, 0.25) is 0 Å². The molecule has 8 nitrogen and oxygen atoms in total. The molecule has 0 saturated heterocycles. The maximum Gasteiger partial charge on any atom is 0.292 e. The summed E-state index contributed by atoms with van der Waals surface area (Å²) >= 11 is 1.32. The van der Waals surface area contributed by atoms with Gasteiger partial charge in [0.1, 0.15) is 5.69 Å². The second kappa shape index (κ2) is 7.67. The van der Waals surface area contributed by atoms with Crippen molar-refractivity contribution in [3.8, 4) is 0 Å². The first-order valence-corrected chi connectivity index (χ1v) is 8.62. The monoisotopic (exact) mass is 382 g/mol. The number of nitrogen functional groups attached to an aromatic ring is 1. The molecule has 0 aliphatic heterocycles. The number of nitro groups is 1. The minimum Gasteiger partial charge on any atom is -0.393 e. The number of anilines is 3. The Kier molecular flexibility index (Phi) is 5.13. The second-order valence-electron chi connectivity index (χ2n) is 5.50. The Morgan fingerprint density at radius 1 is 0.963 bits per heavy atom. The molecule has 0 saturated carbocycles. The van der Waals surface area contributed by atoms with Gasteiger partial charge in [-0.3, -0.25) is 19.7 Å². The third kappa shape index (κ3) is 4.28. The molecule has 2 aromatic carbocycles. The normalized spacial score (nSPS) is 10.2. The predicted molar refractivity (Wildman–Crippen MR) is 104 cm³/mol. The lowest BCUT2D eigenvalue weighted by Gasteiger charge is -2.09. The summed E-state index contributed by atoms with van der Waals surface area (Å²) in [4.78, 5) is 35.3. The van der Waals surface area contributed by atoms with Gasteiger partial charge in [0.05, 0.1) is 9.80 Å². The fraction of sp³-hybridized carbons (Fsp3) is 0. The number of hydrogen-bond acceptors (Lipinski definition) is 6. The average Bonchev–Trinajstić information content (AvgIpc) is 3.17. The highest BCUT2D eigenvalue weighted by Crippen LogP contribution is 2.23. The minimum atomic E-state index is -0.646. The molecule has 3 rings (SSSR count). The lowest BCUT2D eigenvalue weighted by molar-refractivity contribution is -0.383. The number of nitro benzene ring substituents is 1. The highest BCUT2D eigenvalue weighted by molar-refractivity contribution is 7.12. The summed E-state index contributed by atoms with van der Waals surface area (Å²) < 4.78 is 0. The van der Waals surface area contributed by atoms with Crippen LogP contribution in [0.5, 0.6) is 0 Å². The third-order valence-electron chi connectivity index (χ3n) is 3.61. The number of rotatable bonds is 5. The van der Waals surface area contributed by atoms with Crippen LogP contribution in [0.1, 0.15) is 20.0 Å². The molecule has 3 aromatic rings. The molecular formula is C18H14N4O4S. The van der Waals surface area contributed by atoms with E-state index in [9.17, 15) is 19.7 Å². The van der Waals surface area contributed by atoms with E-state index >= 15 is 0 Å². The quantitative estimate of drug-likeness (QED) is 0.352. The van der Waals surface area contributed by atoms with Crippen LogP contribution in [0.4, 0.5) is 22.7 Å². The fourth-order valence-electron chi connectivity index (χ4n) is 2.32. The van der Waals surface area contributed by atoms with Crippen molar-refractivity contribution in [1.82, 2.24) is 0 Å². The number of thiophene rings is 1. The van der Waals surface area contributed by atoms with E-state index in [1.807, 2.05) is 0 Å². The van der Waals surface area contributed by atoms with Gasteiger partial charge in [0.2, 0.25) is 0 Å². The Morgan fingerprint density at radius 3 is 2.30 bits per heavy atom. The third-order valence-corrected chi connectivity index (χ3v) is 4.48. The smallest absolute Gasteiger partial charge is 0.292 e. The number of nitrogens with one attached hydrogen (secondary N) is 2. The van der Waals surface area contributed by atoms with Gasteiger partial charge in [0, 0.05) is 23.0 Å². The van der Waals surface area contributed by atoms with Crippen molar-refractivity contribution in [3.63, 3.8) is 0 Å². The Morgan fingerprint density at radius 2 is 1.67 bits per heavy atom. The molecule has 1 aromatic heterocycles. The summed E-state index contributed by atoms with van der Waals surface area (Å²) in [7, 11) is 0. The SMILES string of the molecule is Nc1ccc(C(=O)Nc2cccc(NC(=O)c3cccs3)c2)cc1[N+](=O)[O-]. The van der Waals surface area contributed by atoms with Crippen molar-refractivity contribution in [2.24, 2.45) is 0 Å². The first-order chi connectivity index (χ1) is 12.9. The Balaban J connectivity index is 1.74. The van der Waals surface area contributed by atoms with Crippen LogP contribution in [0.25, 0.3) is 0 Å². The summed E-state index contributed by atoms with van der Waals surface area (Å²) in [6.45, 7) is 0. The number of hydrogen-bond donors (Lipinski definition) is 3.